The molecule has 0 aliphatic carbocycles. The Kier molecular flexibility index (Phi) is 4.18. The number of halogens is 3. The molecule has 18 heavy (non-hydrogen) atoms. The number of hydrogen-bond acceptors (Lipinski definition) is 3. The van der Waals surface area contributed by atoms with Crippen LogP contribution in [0.25, 0.3) is 0 Å². The molecular formula is C11H12F3NO3. The van der Waals surface area contributed by atoms with Gasteiger partial charge in [0.15, 0.2) is 0 Å². The van der Waals surface area contributed by atoms with Crippen molar-refractivity contribution in [1.82, 2.24) is 4.90 Å². The van der Waals surface area contributed by atoms with Crippen LogP contribution in [0.3, 0.4) is 0 Å². The first-order valence-corrected chi connectivity index (χ1v) is 4.95. The van der Waals surface area contributed by atoms with Crippen LogP contribution in [0.5, 0.6) is 5.75 Å². The van der Waals surface area contributed by atoms with Gasteiger partial charge >= 0.3 is 12.3 Å². The number of ether oxygens (including phenoxy) is 1. The molecule has 0 saturated carbocycles. The average molecular weight is 263 g/mol. The third-order valence-corrected chi connectivity index (χ3v) is 2.18. The summed E-state index contributed by atoms with van der Waals surface area (Å²) in [5, 5.41) is 9.00. The summed E-state index contributed by atoms with van der Waals surface area (Å²) in [7, 11) is 3.14. The summed E-state index contributed by atoms with van der Waals surface area (Å²) in [5.41, 5.74) is 0.377. The van der Waals surface area contributed by atoms with E-state index in [-0.39, 0.29) is 5.75 Å². The third-order valence-electron chi connectivity index (χ3n) is 2.18. The van der Waals surface area contributed by atoms with Crippen molar-refractivity contribution in [2.75, 3.05) is 14.1 Å². The van der Waals surface area contributed by atoms with Crippen LogP contribution < -0.4 is 4.74 Å². The van der Waals surface area contributed by atoms with Crippen molar-refractivity contribution in [1.29, 1.82) is 0 Å². The highest BCUT2D eigenvalue weighted by Crippen LogP contribution is 2.25. The Labute approximate surface area is 102 Å². The lowest BCUT2D eigenvalue weighted by Crippen LogP contribution is -2.27. The molecule has 1 atom stereocenters. The first-order chi connectivity index (χ1) is 8.20. The molecule has 0 saturated heterocycles. The molecule has 1 aromatic rings. The van der Waals surface area contributed by atoms with Crippen molar-refractivity contribution in [2.45, 2.75) is 12.4 Å². The molecule has 0 aliphatic heterocycles. The summed E-state index contributed by atoms with van der Waals surface area (Å²) >= 11 is 0. The largest absolute Gasteiger partial charge is 0.573 e. The molecule has 4 nitrogen and oxygen atoms in total. The first kappa shape index (κ1) is 14.3. The number of likely N-dealkylation sites (N-methyl/N-ethyl adjacent to an activating group) is 1. The van der Waals surface area contributed by atoms with Crippen molar-refractivity contribution in [3.05, 3.63) is 29.8 Å². The number of alkyl halides is 3. The number of benzene rings is 1. The quantitative estimate of drug-likeness (QED) is 0.905. The van der Waals surface area contributed by atoms with E-state index in [1.165, 1.54) is 17.0 Å². The van der Waals surface area contributed by atoms with Crippen molar-refractivity contribution < 1.29 is 27.8 Å². The van der Waals surface area contributed by atoms with Gasteiger partial charge in [-0.05, 0) is 31.8 Å². The van der Waals surface area contributed by atoms with Gasteiger partial charge in [0.2, 0.25) is 0 Å². The standard InChI is InChI=1S/C11H12F3NO3/c1-15(2)9(10(16)17)7-3-5-8(6-4-7)18-11(12,13)14/h3-6,9H,1-2H3,(H,16,17). The van der Waals surface area contributed by atoms with Crippen LogP contribution in [0.1, 0.15) is 11.6 Å². The molecule has 100 valence electrons. The van der Waals surface area contributed by atoms with Crippen LogP contribution in [0.4, 0.5) is 13.2 Å². The van der Waals surface area contributed by atoms with E-state index in [0.29, 0.717) is 5.56 Å². The van der Waals surface area contributed by atoms with Gasteiger partial charge < -0.3 is 9.84 Å². The van der Waals surface area contributed by atoms with E-state index in [1.54, 1.807) is 14.1 Å². The SMILES string of the molecule is CN(C)C(C(=O)O)c1ccc(OC(F)(F)F)cc1. The fourth-order valence-electron chi connectivity index (χ4n) is 1.51. The Bertz CT molecular complexity index is 415. The zero-order valence-electron chi connectivity index (χ0n) is 9.73. The van der Waals surface area contributed by atoms with Crippen LogP contribution in [-0.4, -0.2) is 36.4 Å². The van der Waals surface area contributed by atoms with Crippen molar-refractivity contribution in [3.63, 3.8) is 0 Å². The fraction of sp³-hybridized carbons (Fsp3) is 0.364. The van der Waals surface area contributed by atoms with Crippen molar-refractivity contribution >= 4 is 5.97 Å². The summed E-state index contributed by atoms with van der Waals surface area (Å²) in [6.45, 7) is 0. The van der Waals surface area contributed by atoms with Gasteiger partial charge in [0.05, 0.1) is 0 Å². The second-order valence-corrected chi connectivity index (χ2v) is 3.82. The maximum absolute atomic E-state index is 11.9. The molecule has 0 amide bonds. The Morgan fingerprint density at radius 3 is 2.11 bits per heavy atom. The number of carboxylic acids is 1. The van der Waals surface area contributed by atoms with E-state index in [4.69, 9.17) is 5.11 Å². The molecular weight excluding hydrogens is 251 g/mol. The summed E-state index contributed by atoms with van der Waals surface area (Å²) in [6.07, 6.45) is -4.75. The lowest BCUT2D eigenvalue weighted by Gasteiger charge is -2.20. The van der Waals surface area contributed by atoms with Gasteiger partial charge in [-0.15, -0.1) is 13.2 Å². The van der Waals surface area contributed by atoms with E-state index in [0.717, 1.165) is 12.1 Å². The minimum Gasteiger partial charge on any atom is -0.480 e. The second kappa shape index (κ2) is 5.26. The number of carboxylic acid groups (broad SMARTS) is 1. The smallest absolute Gasteiger partial charge is 0.480 e. The van der Waals surface area contributed by atoms with Crippen molar-refractivity contribution in [3.8, 4) is 5.75 Å². The van der Waals surface area contributed by atoms with Gasteiger partial charge in [-0.3, -0.25) is 9.69 Å². The molecule has 0 spiro atoms. The van der Waals surface area contributed by atoms with E-state index in [2.05, 4.69) is 4.74 Å². The monoisotopic (exact) mass is 263 g/mol. The highest BCUT2D eigenvalue weighted by Gasteiger charge is 2.31. The molecule has 0 heterocycles. The van der Waals surface area contributed by atoms with Gasteiger partial charge in [0.25, 0.3) is 0 Å². The van der Waals surface area contributed by atoms with E-state index in [1.807, 2.05) is 0 Å². The van der Waals surface area contributed by atoms with Crippen LogP contribution >= 0.6 is 0 Å². The summed E-state index contributed by atoms with van der Waals surface area (Å²) in [6, 6.07) is 3.84. The molecule has 0 aromatic heterocycles. The number of carbonyl (C=O) groups is 1. The normalized spacial score (nSPS) is 13.4. The van der Waals surface area contributed by atoms with Crippen LogP contribution in [0.2, 0.25) is 0 Å². The Morgan fingerprint density at radius 1 is 1.28 bits per heavy atom. The number of rotatable bonds is 4. The zero-order valence-corrected chi connectivity index (χ0v) is 9.73. The van der Waals surface area contributed by atoms with Crippen LogP contribution in [-0.2, 0) is 4.79 Å². The van der Waals surface area contributed by atoms with Gasteiger partial charge in [-0.2, -0.15) is 0 Å². The topological polar surface area (TPSA) is 49.8 Å². The summed E-state index contributed by atoms with van der Waals surface area (Å²) in [4.78, 5) is 12.4. The fourth-order valence-corrected chi connectivity index (χ4v) is 1.51. The second-order valence-electron chi connectivity index (χ2n) is 3.82. The maximum atomic E-state index is 11.9. The van der Waals surface area contributed by atoms with E-state index < -0.39 is 18.4 Å². The Morgan fingerprint density at radius 2 is 1.78 bits per heavy atom. The van der Waals surface area contributed by atoms with Crippen LogP contribution in [0, 0.1) is 0 Å². The lowest BCUT2D eigenvalue weighted by atomic mass is 10.1. The van der Waals surface area contributed by atoms with Crippen molar-refractivity contribution in [2.24, 2.45) is 0 Å². The van der Waals surface area contributed by atoms with E-state index >= 15 is 0 Å². The minimum atomic E-state index is -4.75. The third kappa shape index (κ3) is 3.92. The lowest BCUT2D eigenvalue weighted by molar-refractivity contribution is -0.274. The van der Waals surface area contributed by atoms with Crippen LogP contribution in [0.15, 0.2) is 24.3 Å². The maximum Gasteiger partial charge on any atom is 0.573 e. The highest BCUT2D eigenvalue weighted by atomic mass is 19.4. The summed E-state index contributed by atoms with van der Waals surface area (Å²) in [5.74, 6) is -1.46. The molecule has 0 fully saturated rings. The predicted octanol–water partition coefficient (Wildman–Crippen LogP) is 2.27. The van der Waals surface area contributed by atoms with Gasteiger partial charge in [-0.25, -0.2) is 0 Å². The average Bonchev–Trinajstić information content (AvgIpc) is 2.17. The molecule has 0 radical (unpaired) electrons. The number of aliphatic carboxylic acids is 1. The minimum absolute atomic E-state index is 0.377. The number of hydrogen-bond donors (Lipinski definition) is 1. The molecule has 0 bridgehead atoms. The predicted molar refractivity (Wildman–Crippen MR) is 57.2 cm³/mol. The molecule has 1 aromatic carbocycles. The molecule has 1 N–H and O–H groups in total. The molecule has 1 unspecified atom stereocenters. The highest BCUT2D eigenvalue weighted by molar-refractivity contribution is 5.75. The Balaban J connectivity index is 2.91. The van der Waals surface area contributed by atoms with E-state index in [9.17, 15) is 18.0 Å². The molecule has 7 heteroatoms. The molecule has 1 rings (SSSR count). The van der Waals surface area contributed by atoms with Gasteiger partial charge in [0, 0.05) is 0 Å². The van der Waals surface area contributed by atoms with Gasteiger partial charge in [0.1, 0.15) is 11.8 Å². The number of nitrogens with zero attached hydrogens (tertiary/aromatic N) is 1. The van der Waals surface area contributed by atoms with Gasteiger partial charge in [-0.1, -0.05) is 12.1 Å². The summed E-state index contributed by atoms with van der Waals surface area (Å²) < 4.78 is 39.5. The Hall–Kier alpha value is -1.76. The zero-order chi connectivity index (χ0) is 13.9. The first-order valence-electron chi connectivity index (χ1n) is 4.95. The molecule has 0 aliphatic rings.